The van der Waals surface area contributed by atoms with Crippen molar-refractivity contribution >= 4 is 23.0 Å². The summed E-state index contributed by atoms with van der Waals surface area (Å²) in [5.41, 5.74) is 0.715. The lowest BCUT2D eigenvalue weighted by atomic mass is 10.2. The Kier molecular flexibility index (Phi) is 4.47. The quantitative estimate of drug-likeness (QED) is 0.808. The fraction of sp³-hybridized carbons (Fsp3) is 0.389. The number of likely N-dealkylation sites (tertiary alicyclic amines) is 1. The first-order valence-corrected chi connectivity index (χ1v) is 7.81. The van der Waals surface area contributed by atoms with Crippen LogP contribution in [0.5, 0.6) is 5.75 Å². The molecule has 1 aliphatic heterocycles. The third-order valence-corrected chi connectivity index (χ3v) is 4.05. The molecular formula is C18H21NO3. The SMILES string of the molecule is COc1cccc2cc(/C=C/C(=O)N3CCCCCC3)oc12. The summed E-state index contributed by atoms with van der Waals surface area (Å²) in [6, 6.07) is 7.67. The minimum atomic E-state index is 0.0642. The fourth-order valence-corrected chi connectivity index (χ4v) is 2.85. The number of methoxy groups -OCH3 is 1. The minimum Gasteiger partial charge on any atom is -0.493 e. The summed E-state index contributed by atoms with van der Waals surface area (Å²) in [5, 5.41) is 0.973. The molecule has 116 valence electrons. The zero-order valence-electron chi connectivity index (χ0n) is 12.9. The van der Waals surface area contributed by atoms with Crippen molar-refractivity contribution in [2.24, 2.45) is 0 Å². The summed E-state index contributed by atoms with van der Waals surface area (Å²) in [6.45, 7) is 1.72. The smallest absolute Gasteiger partial charge is 0.246 e. The van der Waals surface area contributed by atoms with Crippen LogP contribution in [0.1, 0.15) is 31.4 Å². The zero-order chi connectivity index (χ0) is 15.4. The zero-order valence-corrected chi connectivity index (χ0v) is 12.9. The van der Waals surface area contributed by atoms with Gasteiger partial charge in [-0.25, -0.2) is 0 Å². The lowest BCUT2D eigenvalue weighted by Crippen LogP contribution is -2.30. The van der Waals surface area contributed by atoms with E-state index in [4.69, 9.17) is 9.15 Å². The van der Waals surface area contributed by atoms with Gasteiger partial charge in [0.25, 0.3) is 0 Å². The highest BCUT2D eigenvalue weighted by atomic mass is 16.5. The molecule has 1 fully saturated rings. The lowest BCUT2D eigenvalue weighted by molar-refractivity contribution is -0.125. The van der Waals surface area contributed by atoms with Gasteiger partial charge in [0, 0.05) is 24.6 Å². The van der Waals surface area contributed by atoms with Gasteiger partial charge in [-0.1, -0.05) is 25.0 Å². The van der Waals surface area contributed by atoms with E-state index in [1.165, 1.54) is 12.8 Å². The van der Waals surface area contributed by atoms with Crippen LogP contribution in [0.25, 0.3) is 17.0 Å². The number of hydrogen-bond donors (Lipinski definition) is 0. The molecule has 2 aromatic rings. The molecule has 1 amide bonds. The molecule has 1 aliphatic rings. The Labute approximate surface area is 130 Å². The van der Waals surface area contributed by atoms with Crippen LogP contribution in [0.2, 0.25) is 0 Å². The molecule has 0 unspecified atom stereocenters. The van der Waals surface area contributed by atoms with Gasteiger partial charge in [0.05, 0.1) is 7.11 Å². The van der Waals surface area contributed by atoms with Crippen LogP contribution in [0, 0.1) is 0 Å². The topological polar surface area (TPSA) is 42.7 Å². The normalized spacial score (nSPS) is 16.1. The molecule has 4 heteroatoms. The van der Waals surface area contributed by atoms with E-state index in [2.05, 4.69) is 0 Å². The summed E-state index contributed by atoms with van der Waals surface area (Å²) in [7, 11) is 1.62. The molecule has 0 radical (unpaired) electrons. The molecule has 0 aliphatic carbocycles. The second-order valence-electron chi connectivity index (χ2n) is 5.60. The standard InChI is InChI=1S/C18H21NO3/c1-21-16-8-6-7-14-13-15(22-18(14)16)9-10-17(20)19-11-4-2-3-5-12-19/h6-10,13H,2-5,11-12H2,1H3/b10-9+. The van der Waals surface area contributed by atoms with Crippen LogP contribution < -0.4 is 4.74 Å². The Morgan fingerprint density at radius 2 is 2.00 bits per heavy atom. The predicted octanol–water partition coefficient (Wildman–Crippen LogP) is 3.86. The summed E-state index contributed by atoms with van der Waals surface area (Å²) in [4.78, 5) is 14.2. The number of hydrogen-bond acceptors (Lipinski definition) is 3. The van der Waals surface area contributed by atoms with Crippen LogP contribution in [0.15, 0.2) is 34.8 Å². The van der Waals surface area contributed by atoms with Gasteiger partial charge < -0.3 is 14.1 Å². The molecule has 1 aromatic heterocycles. The first kappa shape index (κ1) is 14.7. The number of rotatable bonds is 3. The van der Waals surface area contributed by atoms with Crippen LogP contribution >= 0.6 is 0 Å². The summed E-state index contributed by atoms with van der Waals surface area (Å²) in [6.07, 6.45) is 7.98. The molecule has 0 N–H and O–H groups in total. The number of amides is 1. The van der Waals surface area contributed by atoms with E-state index in [1.54, 1.807) is 19.3 Å². The predicted molar refractivity (Wildman–Crippen MR) is 86.8 cm³/mol. The fourth-order valence-electron chi connectivity index (χ4n) is 2.85. The number of para-hydroxylation sites is 1. The molecule has 0 bridgehead atoms. The van der Waals surface area contributed by atoms with Gasteiger partial charge in [0.2, 0.25) is 5.91 Å². The third kappa shape index (κ3) is 3.16. The molecule has 4 nitrogen and oxygen atoms in total. The maximum absolute atomic E-state index is 12.2. The molecule has 0 atom stereocenters. The van der Waals surface area contributed by atoms with Crippen LogP contribution in [0.4, 0.5) is 0 Å². The summed E-state index contributed by atoms with van der Waals surface area (Å²) >= 11 is 0. The van der Waals surface area contributed by atoms with E-state index in [9.17, 15) is 4.79 Å². The third-order valence-electron chi connectivity index (χ3n) is 4.05. The number of benzene rings is 1. The van der Waals surface area contributed by atoms with Crippen LogP contribution in [0.3, 0.4) is 0 Å². The van der Waals surface area contributed by atoms with Gasteiger partial charge >= 0.3 is 0 Å². The Morgan fingerprint density at radius 1 is 1.23 bits per heavy atom. The molecule has 1 saturated heterocycles. The maximum Gasteiger partial charge on any atom is 0.246 e. The average Bonchev–Trinajstić information content (AvgIpc) is 2.77. The van der Waals surface area contributed by atoms with Crippen LogP contribution in [-0.2, 0) is 4.79 Å². The Bertz CT molecular complexity index is 679. The highest BCUT2D eigenvalue weighted by molar-refractivity contribution is 5.92. The van der Waals surface area contributed by atoms with E-state index in [-0.39, 0.29) is 5.91 Å². The Morgan fingerprint density at radius 3 is 2.73 bits per heavy atom. The number of furan rings is 1. The molecular weight excluding hydrogens is 278 g/mol. The van der Waals surface area contributed by atoms with Crippen molar-refractivity contribution in [2.75, 3.05) is 20.2 Å². The molecule has 1 aromatic carbocycles. The highest BCUT2D eigenvalue weighted by Gasteiger charge is 2.13. The van der Waals surface area contributed by atoms with Crippen molar-refractivity contribution in [2.45, 2.75) is 25.7 Å². The van der Waals surface area contributed by atoms with E-state index in [0.29, 0.717) is 17.1 Å². The van der Waals surface area contributed by atoms with E-state index < -0.39 is 0 Å². The molecule has 2 heterocycles. The van der Waals surface area contributed by atoms with Crippen molar-refractivity contribution in [3.05, 3.63) is 36.1 Å². The van der Waals surface area contributed by atoms with Crippen molar-refractivity contribution in [1.82, 2.24) is 4.90 Å². The summed E-state index contributed by atoms with van der Waals surface area (Å²) < 4.78 is 11.1. The highest BCUT2D eigenvalue weighted by Crippen LogP contribution is 2.28. The van der Waals surface area contributed by atoms with Crippen molar-refractivity contribution < 1.29 is 13.9 Å². The number of ether oxygens (including phenoxy) is 1. The van der Waals surface area contributed by atoms with Gasteiger partial charge in [-0.15, -0.1) is 0 Å². The summed E-state index contributed by atoms with van der Waals surface area (Å²) in [5.74, 6) is 1.44. The Balaban J connectivity index is 1.75. The number of nitrogens with zero attached hydrogens (tertiary/aromatic N) is 1. The first-order chi connectivity index (χ1) is 10.8. The first-order valence-electron chi connectivity index (χ1n) is 7.81. The van der Waals surface area contributed by atoms with Gasteiger partial charge in [-0.2, -0.15) is 0 Å². The van der Waals surface area contributed by atoms with E-state index in [1.807, 2.05) is 29.2 Å². The Hall–Kier alpha value is -2.23. The second-order valence-corrected chi connectivity index (χ2v) is 5.60. The van der Waals surface area contributed by atoms with Gasteiger partial charge in [-0.05, 0) is 31.1 Å². The number of fused-ring (bicyclic) bond motifs is 1. The van der Waals surface area contributed by atoms with Crippen molar-refractivity contribution in [3.8, 4) is 5.75 Å². The average molecular weight is 299 g/mol. The van der Waals surface area contributed by atoms with Crippen LogP contribution in [-0.4, -0.2) is 31.0 Å². The lowest BCUT2D eigenvalue weighted by Gasteiger charge is -2.17. The number of carbonyl (C=O) groups is 1. The largest absolute Gasteiger partial charge is 0.493 e. The minimum absolute atomic E-state index is 0.0642. The van der Waals surface area contributed by atoms with E-state index >= 15 is 0 Å². The maximum atomic E-state index is 12.2. The molecule has 3 rings (SSSR count). The molecule has 22 heavy (non-hydrogen) atoms. The van der Waals surface area contributed by atoms with Crippen molar-refractivity contribution in [3.63, 3.8) is 0 Å². The molecule has 0 spiro atoms. The van der Waals surface area contributed by atoms with Gasteiger partial charge in [0.1, 0.15) is 5.76 Å². The van der Waals surface area contributed by atoms with Gasteiger partial charge in [0.15, 0.2) is 11.3 Å². The monoisotopic (exact) mass is 299 g/mol. The molecule has 0 saturated carbocycles. The van der Waals surface area contributed by atoms with Gasteiger partial charge in [-0.3, -0.25) is 4.79 Å². The number of carbonyl (C=O) groups excluding carboxylic acids is 1. The van der Waals surface area contributed by atoms with Crippen molar-refractivity contribution in [1.29, 1.82) is 0 Å². The second kappa shape index (κ2) is 6.69. The van der Waals surface area contributed by atoms with E-state index in [0.717, 1.165) is 31.3 Å².